The van der Waals surface area contributed by atoms with Gasteiger partial charge in [-0.3, -0.25) is 0 Å². The fourth-order valence-corrected chi connectivity index (χ4v) is 15.7. The van der Waals surface area contributed by atoms with Gasteiger partial charge < -0.3 is 0 Å². The van der Waals surface area contributed by atoms with E-state index in [4.69, 9.17) is 0 Å². The maximum Gasteiger partial charge on any atom is 0.0741 e. The fourth-order valence-electron chi connectivity index (χ4n) is 2.98. The molecule has 1 heterocycles. The van der Waals surface area contributed by atoms with Gasteiger partial charge in [0.15, 0.2) is 0 Å². The lowest BCUT2D eigenvalue weighted by Gasteiger charge is -2.38. The van der Waals surface area contributed by atoms with Crippen LogP contribution in [0, 0.1) is 0 Å². The highest BCUT2D eigenvalue weighted by Crippen LogP contribution is 2.36. The third-order valence-electron chi connectivity index (χ3n) is 4.71. The SMILES string of the molecule is C[Si]1([Si](C)(C)c2ccccc2)CCCC1. The first kappa shape index (κ1) is 11.1. The predicted molar refractivity (Wildman–Crippen MR) is 74.0 cm³/mol. The Bertz CT molecular complexity index is 324. The molecule has 0 aromatic heterocycles. The molecule has 0 nitrogen and oxygen atoms in total. The lowest BCUT2D eigenvalue weighted by atomic mass is 10.4. The van der Waals surface area contributed by atoms with Crippen molar-refractivity contribution in [2.24, 2.45) is 0 Å². The van der Waals surface area contributed by atoms with E-state index in [0.717, 1.165) is 0 Å². The van der Waals surface area contributed by atoms with Gasteiger partial charge in [0.05, 0.1) is 7.59 Å². The average molecular weight is 234 g/mol. The molecule has 15 heavy (non-hydrogen) atoms. The molecule has 1 aromatic carbocycles. The summed E-state index contributed by atoms with van der Waals surface area (Å²) in [5, 5.41) is 1.70. The Balaban J connectivity index is 2.34. The zero-order valence-electron chi connectivity index (χ0n) is 10.2. The van der Waals surface area contributed by atoms with Gasteiger partial charge in [0.2, 0.25) is 0 Å². The molecule has 0 amide bonds. The van der Waals surface area contributed by atoms with E-state index >= 15 is 0 Å². The molecule has 0 aliphatic carbocycles. The molecule has 0 unspecified atom stereocenters. The normalized spacial score (nSPS) is 20.5. The van der Waals surface area contributed by atoms with Crippen molar-refractivity contribution in [3.8, 4) is 0 Å². The summed E-state index contributed by atoms with van der Waals surface area (Å²) in [5.74, 6) is 0. The third-order valence-corrected chi connectivity index (χ3v) is 23.8. The summed E-state index contributed by atoms with van der Waals surface area (Å²) in [7, 11) is -2.05. The molecule has 1 aliphatic heterocycles. The van der Waals surface area contributed by atoms with Crippen LogP contribution < -0.4 is 5.19 Å². The van der Waals surface area contributed by atoms with E-state index in [1.165, 1.54) is 12.8 Å². The highest BCUT2D eigenvalue weighted by molar-refractivity contribution is 7.46. The van der Waals surface area contributed by atoms with Crippen molar-refractivity contribution in [1.82, 2.24) is 0 Å². The van der Waals surface area contributed by atoms with Gasteiger partial charge in [0.1, 0.15) is 0 Å². The minimum atomic E-state index is -1.13. The highest BCUT2D eigenvalue weighted by Gasteiger charge is 2.46. The first-order valence-electron chi connectivity index (χ1n) is 6.12. The predicted octanol–water partition coefficient (Wildman–Crippen LogP) is 3.55. The molecule has 1 saturated heterocycles. The van der Waals surface area contributed by atoms with E-state index in [1.807, 2.05) is 0 Å². The van der Waals surface area contributed by atoms with E-state index in [9.17, 15) is 0 Å². The zero-order chi connectivity index (χ0) is 10.9. The summed E-state index contributed by atoms with van der Waals surface area (Å²) in [5.41, 5.74) is 0. The van der Waals surface area contributed by atoms with E-state index in [2.05, 4.69) is 50.0 Å². The second kappa shape index (κ2) is 3.91. The van der Waals surface area contributed by atoms with Crippen LogP contribution in [0.5, 0.6) is 0 Å². The Hall–Kier alpha value is -0.346. The molecule has 0 saturated carbocycles. The first-order valence-corrected chi connectivity index (χ1v) is 13.0. The van der Waals surface area contributed by atoms with Crippen molar-refractivity contribution < 1.29 is 0 Å². The van der Waals surface area contributed by atoms with E-state index < -0.39 is 15.2 Å². The van der Waals surface area contributed by atoms with Gasteiger partial charge in [0, 0.05) is 7.59 Å². The molecule has 1 fully saturated rings. The maximum atomic E-state index is 2.67. The van der Waals surface area contributed by atoms with Gasteiger partial charge >= 0.3 is 0 Å². The first-order chi connectivity index (χ1) is 7.06. The van der Waals surface area contributed by atoms with Gasteiger partial charge in [-0.05, 0) is 0 Å². The lowest BCUT2D eigenvalue weighted by Crippen LogP contribution is -2.62. The Morgan fingerprint density at radius 1 is 1.00 bits per heavy atom. The molecule has 0 bridgehead atoms. The van der Waals surface area contributed by atoms with Crippen molar-refractivity contribution >= 4 is 20.4 Å². The molecule has 2 heteroatoms. The van der Waals surface area contributed by atoms with Crippen LogP contribution in [0.15, 0.2) is 30.3 Å². The molecule has 1 aliphatic rings. The Kier molecular flexibility index (Phi) is 2.90. The Labute approximate surface area is 95.5 Å². The van der Waals surface area contributed by atoms with Crippen molar-refractivity contribution in [3.63, 3.8) is 0 Å². The summed E-state index contributed by atoms with van der Waals surface area (Å²) < 4.78 is 0. The largest absolute Gasteiger partial charge is 0.0741 e. The van der Waals surface area contributed by atoms with Crippen LogP contribution in [-0.2, 0) is 0 Å². The van der Waals surface area contributed by atoms with Gasteiger partial charge in [0.25, 0.3) is 0 Å². The summed E-state index contributed by atoms with van der Waals surface area (Å²) >= 11 is 0. The quantitative estimate of drug-likeness (QED) is 0.687. The molecule has 0 radical (unpaired) electrons. The number of hydrogen-bond acceptors (Lipinski definition) is 0. The Morgan fingerprint density at radius 2 is 1.53 bits per heavy atom. The van der Waals surface area contributed by atoms with Crippen LogP contribution in [0.2, 0.25) is 31.7 Å². The molecule has 82 valence electrons. The highest BCUT2D eigenvalue weighted by atomic mass is 29.3. The Morgan fingerprint density at radius 3 is 2.07 bits per heavy atom. The second-order valence-electron chi connectivity index (χ2n) is 5.76. The van der Waals surface area contributed by atoms with Crippen molar-refractivity contribution in [3.05, 3.63) is 30.3 Å². The smallest absolute Gasteiger partial charge is 0.0708 e. The van der Waals surface area contributed by atoms with E-state index in [-0.39, 0.29) is 0 Å². The van der Waals surface area contributed by atoms with Crippen LogP contribution in [0.4, 0.5) is 0 Å². The summed E-state index contributed by atoms with van der Waals surface area (Å²) in [6, 6.07) is 14.5. The van der Waals surface area contributed by atoms with Gasteiger partial charge in [-0.2, -0.15) is 0 Å². The van der Waals surface area contributed by atoms with Crippen molar-refractivity contribution in [2.75, 3.05) is 0 Å². The van der Waals surface area contributed by atoms with Crippen molar-refractivity contribution in [1.29, 1.82) is 0 Å². The fraction of sp³-hybridized carbons (Fsp3) is 0.538. The monoisotopic (exact) mass is 234 g/mol. The van der Waals surface area contributed by atoms with E-state index in [0.29, 0.717) is 0 Å². The topological polar surface area (TPSA) is 0 Å². The van der Waals surface area contributed by atoms with Gasteiger partial charge in [-0.1, -0.05) is 80.1 Å². The molecule has 1 aromatic rings. The van der Waals surface area contributed by atoms with Gasteiger partial charge in [-0.25, -0.2) is 0 Å². The molecular weight excluding hydrogens is 212 g/mol. The molecule has 0 spiro atoms. The number of rotatable bonds is 2. The molecule has 0 atom stereocenters. The maximum absolute atomic E-state index is 2.67. The molecule has 2 rings (SSSR count). The minimum Gasteiger partial charge on any atom is -0.0708 e. The minimum absolute atomic E-state index is 0.916. The van der Waals surface area contributed by atoms with Crippen LogP contribution in [0.25, 0.3) is 0 Å². The standard InChI is InChI=1S/C13H22Si2/c1-14(2,13-9-5-4-6-10-13)15(3)11-7-8-12-15/h4-6,9-10H,7-8,11-12H2,1-3H3. The zero-order valence-corrected chi connectivity index (χ0v) is 12.2. The van der Waals surface area contributed by atoms with Crippen molar-refractivity contribution in [2.45, 2.75) is 44.6 Å². The number of benzene rings is 1. The molecular formula is C13H22Si2. The van der Waals surface area contributed by atoms with Crippen LogP contribution in [0.1, 0.15) is 12.8 Å². The summed E-state index contributed by atoms with van der Waals surface area (Å²) in [6.45, 7) is 7.89. The lowest BCUT2D eigenvalue weighted by molar-refractivity contribution is 0.935. The summed E-state index contributed by atoms with van der Waals surface area (Å²) in [6.07, 6.45) is 3.01. The van der Waals surface area contributed by atoms with Crippen LogP contribution in [0.3, 0.4) is 0 Å². The second-order valence-corrected chi connectivity index (χ2v) is 21.1. The van der Waals surface area contributed by atoms with Gasteiger partial charge in [-0.15, -0.1) is 0 Å². The van der Waals surface area contributed by atoms with E-state index in [1.54, 1.807) is 17.3 Å². The third kappa shape index (κ3) is 1.85. The van der Waals surface area contributed by atoms with Crippen LogP contribution in [-0.4, -0.2) is 15.2 Å². The number of hydrogen-bond donors (Lipinski definition) is 0. The molecule has 0 N–H and O–H groups in total. The van der Waals surface area contributed by atoms with Crippen LogP contribution >= 0.6 is 0 Å². The average Bonchev–Trinajstić information content (AvgIpc) is 2.68. The summed E-state index contributed by atoms with van der Waals surface area (Å²) in [4.78, 5) is 0.